The van der Waals surface area contributed by atoms with Crippen LogP contribution in [0, 0.1) is 13.8 Å². The Morgan fingerprint density at radius 3 is 2.10 bits per heavy atom. The summed E-state index contributed by atoms with van der Waals surface area (Å²) in [6, 6.07) is 19.0. The molecule has 7 heteroatoms. The smallest absolute Gasteiger partial charge is 0.255 e. The summed E-state index contributed by atoms with van der Waals surface area (Å²) in [5.41, 5.74) is 3.74. The Hall–Kier alpha value is -3.16. The van der Waals surface area contributed by atoms with Crippen molar-refractivity contribution in [1.82, 2.24) is 4.72 Å². The van der Waals surface area contributed by atoms with Crippen LogP contribution >= 0.6 is 0 Å². The normalized spacial score (nSPS) is 11.2. The van der Waals surface area contributed by atoms with Crippen molar-refractivity contribution in [2.75, 3.05) is 12.4 Å². The molecule has 3 aromatic carbocycles. The van der Waals surface area contributed by atoms with Gasteiger partial charge in [0.1, 0.15) is 5.75 Å². The van der Waals surface area contributed by atoms with Gasteiger partial charge in [-0.05, 0) is 49.7 Å². The van der Waals surface area contributed by atoms with E-state index in [-0.39, 0.29) is 23.0 Å². The zero-order chi connectivity index (χ0) is 21.7. The molecule has 0 heterocycles. The second-order valence-corrected chi connectivity index (χ2v) is 8.76. The first-order valence-electron chi connectivity index (χ1n) is 9.40. The summed E-state index contributed by atoms with van der Waals surface area (Å²) in [4.78, 5) is 12.6. The maximum Gasteiger partial charge on any atom is 0.255 e. The average Bonchev–Trinajstić information content (AvgIpc) is 2.73. The zero-order valence-electron chi connectivity index (χ0n) is 17.1. The molecule has 3 rings (SSSR count). The number of anilines is 1. The highest BCUT2D eigenvalue weighted by molar-refractivity contribution is 7.89. The minimum Gasteiger partial charge on any atom is -0.495 e. The van der Waals surface area contributed by atoms with E-state index in [4.69, 9.17) is 4.74 Å². The fourth-order valence-electron chi connectivity index (χ4n) is 2.82. The van der Waals surface area contributed by atoms with Crippen molar-refractivity contribution >= 4 is 21.6 Å². The lowest BCUT2D eigenvalue weighted by Gasteiger charge is -2.13. The predicted molar refractivity (Wildman–Crippen MR) is 117 cm³/mol. The minimum absolute atomic E-state index is 0.0367. The molecular weight excluding hydrogens is 400 g/mol. The maximum atomic E-state index is 12.8. The van der Waals surface area contributed by atoms with E-state index in [1.165, 1.54) is 25.3 Å². The molecule has 0 aliphatic rings. The molecule has 0 aromatic heterocycles. The number of benzene rings is 3. The third-order valence-corrected chi connectivity index (χ3v) is 6.03. The summed E-state index contributed by atoms with van der Waals surface area (Å²) in [7, 11) is -2.32. The molecule has 156 valence electrons. The lowest BCUT2D eigenvalue weighted by molar-refractivity contribution is 0.102. The van der Waals surface area contributed by atoms with Crippen LogP contribution < -0.4 is 14.8 Å². The van der Waals surface area contributed by atoms with Crippen molar-refractivity contribution in [3.63, 3.8) is 0 Å². The van der Waals surface area contributed by atoms with Gasteiger partial charge in [-0.15, -0.1) is 0 Å². The van der Waals surface area contributed by atoms with E-state index in [0.29, 0.717) is 11.3 Å². The molecule has 0 unspecified atom stereocenters. The number of nitrogens with one attached hydrogen (secondary N) is 2. The highest BCUT2D eigenvalue weighted by Gasteiger charge is 2.18. The Bertz CT molecular complexity index is 1140. The molecule has 3 aromatic rings. The number of aryl methyl sites for hydroxylation is 2. The van der Waals surface area contributed by atoms with Crippen LogP contribution in [0.2, 0.25) is 0 Å². The standard InChI is InChI=1S/C23H24N2O4S/c1-16-4-8-18(9-5-16)15-24-30(27,28)20-12-13-22(29-3)21(14-20)25-23(26)19-10-6-17(2)7-11-19/h4-14,24H,15H2,1-3H3,(H,25,26). The van der Waals surface area contributed by atoms with E-state index in [1.807, 2.05) is 50.2 Å². The number of carbonyl (C=O) groups is 1. The van der Waals surface area contributed by atoms with E-state index >= 15 is 0 Å². The Labute approximate surface area is 177 Å². The number of ether oxygens (including phenoxy) is 1. The van der Waals surface area contributed by atoms with Crippen molar-refractivity contribution < 1.29 is 17.9 Å². The molecule has 6 nitrogen and oxygen atoms in total. The number of hydrogen-bond acceptors (Lipinski definition) is 4. The fourth-order valence-corrected chi connectivity index (χ4v) is 3.86. The number of amides is 1. The first-order valence-corrected chi connectivity index (χ1v) is 10.9. The molecule has 0 bridgehead atoms. The molecular formula is C23H24N2O4S. The van der Waals surface area contributed by atoms with Gasteiger partial charge in [-0.2, -0.15) is 0 Å². The van der Waals surface area contributed by atoms with E-state index in [2.05, 4.69) is 10.0 Å². The molecule has 0 saturated heterocycles. The molecule has 0 radical (unpaired) electrons. The molecule has 2 N–H and O–H groups in total. The summed E-state index contributed by atoms with van der Waals surface area (Å²) in [6.45, 7) is 4.07. The summed E-state index contributed by atoms with van der Waals surface area (Å²) >= 11 is 0. The average molecular weight is 425 g/mol. The fraction of sp³-hybridized carbons (Fsp3) is 0.174. The van der Waals surface area contributed by atoms with Gasteiger partial charge in [0, 0.05) is 12.1 Å². The quantitative estimate of drug-likeness (QED) is 0.599. The molecule has 0 aliphatic heterocycles. The van der Waals surface area contributed by atoms with Crippen molar-refractivity contribution in [1.29, 1.82) is 0 Å². The Morgan fingerprint density at radius 1 is 0.900 bits per heavy atom. The SMILES string of the molecule is COc1ccc(S(=O)(=O)NCc2ccc(C)cc2)cc1NC(=O)c1ccc(C)cc1. The van der Waals surface area contributed by atoms with E-state index in [9.17, 15) is 13.2 Å². The first-order chi connectivity index (χ1) is 14.3. The second-order valence-electron chi connectivity index (χ2n) is 6.99. The Kier molecular flexibility index (Phi) is 6.54. The lowest BCUT2D eigenvalue weighted by Crippen LogP contribution is -2.23. The van der Waals surface area contributed by atoms with Gasteiger partial charge in [0.05, 0.1) is 17.7 Å². The van der Waals surface area contributed by atoms with Gasteiger partial charge < -0.3 is 10.1 Å². The number of methoxy groups -OCH3 is 1. The molecule has 0 fully saturated rings. The zero-order valence-corrected chi connectivity index (χ0v) is 17.9. The third kappa shape index (κ3) is 5.25. The van der Waals surface area contributed by atoms with Gasteiger partial charge in [0.15, 0.2) is 0 Å². The lowest BCUT2D eigenvalue weighted by atomic mass is 10.1. The molecule has 0 aliphatic carbocycles. The number of hydrogen-bond donors (Lipinski definition) is 2. The summed E-state index contributed by atoms with van der Waals surface area (Å²) < 4.78 is 33.4. The van der Waals surface area contributed by atoms with Gasteiger partial charge >= 0.3 is 0 Å². The van der Waals surface area contributed by atoms with E-state index in [1.54, 1.807) is 12.1 Å². The van der Waals surface area contributed by atoms with Crippen LogP contribution in [0.5, 0.6) is 5.75 Å². The van der Waals surface area contributed by atoms with Gasteiger partial charge in [-0.25, -0.2) is 13.1 Å². The van der Waals surface area contributed by atoms with Gasteiger partial charge in [-0.1, -0.05) is 47.5 Å². The van der Waals surface area contributed by atoms with Gasteiger partial charge in [0.2, 0.25) is 10.0 Å². The molecule has 0 spiro atoms. The Balaban J connectivity index is 1.80. The number of sulfonamides is 1. The molecule has 30 heavy (non-hydrogen) atoms. The van der Waals surface area contributed by atoms with Crippen molar-refractivity contribution in [3.8, 4) is 5.75 Å². The summed E-state index contributed by atoms with van der Waals surface area (Å²) in [5.74, 6) is 0.0170. The van der Waals surface area contributed by atoms with Crippen LogP contribution in [0.3, 0.4) is 0 Å². The van der Waals surface area contributed by atoms with Crippen LogP contribution in [0.25, 0.3) is 0 Å². The van der Waals surface area contributed by atoms with Crippen molar-refractivity contribution in [2.45, 2.75) is 25.3 Å². The maximum absolute atomic E-state index is 12.8. The topological polar surface area (TPSA) is 84.5 Å². The van der Waals surface area contributed by atoms with Crippen molar-refractivity contribution in [2.24, 2.45) is 0 Å². The number of carbonyl (C=O) groups excluding carboxylic acids is 1. The first kappa shape index (κ1) is 21.5. The highest BCUT2D eigenvalue weighted by atomic mass is 32.2. The predicted octanol–water partition coefficient (Wildman–Crippen LogP) is 4.04. The number of rotatable bonds is 7. The van der Waals surface area contributed by atoms with Crippen LogP contribution in [-0.4, -0.2) is 21.4 Å². The Morgan fingerprint density at radius 2 is 1.50 bits per heavy atom. The monoisotopic (exact) mass is 424 g/mol. The van der Waals surface area contributed by atoms with Crippen LogP contribution in [0.4, 0.5) is 5.69 Å². The van der Waals surface area contributed by atoms with Gasteiger partial charge in [-0.3, -0.25) is 4.79 Å². The molecule has 1 amide bonds. The molecule has 0 saturated carbocycles. The summed E-state index contributed by atoms with van der Waals surface area (Å²) in [5, 5.41) is 2.73. The highest BCUT2D eigenvalue weighted by Crippen LogP contribution is 2.28. The minimum atomic E-state index is -3.78. The molecule has 0 atom stereocenters. The van der Waals surface area contributed by atoms with Crippen molar-refractivity contribution in [3.05, 3.63) is 89.0 Å². The third-order valence-electron chi connectivity index (χ3n) is 4.63. The van der Waals surface area contributed by atoms with E-state index < -0.39 is 10.0 Å². The van der Waals surface area contributed by atoms with Crippen LogP contribution in [0.1, 0.15) is 27.0 Å². The summed E-state index contributed by atoms with van der Waals surface area (Å²) in [6.07, 6.45) is 0. The van der Waals surface area contributed by atoms with Gasteiger partial charge in [0.25, 0.3) is 5.91 Å². The van der Waals surface area contributed by atoms with Crippen LogP contribution in [0.15, 0.2) is 71.6 Å². The van der Waals surface area contributed by atoms with Crippen LogP contribution in [-0.2, 0) is 16.6 Å². The largest absolute Gasteiger partial charge is 0.495 e. The second kappa shape index (κ2) is 9.11. The van der Waals surface area contributed by atoms with E-state index in [0.717, 1.165) is 16.7 Å².